The zero-order valence-electron chi connectivity index (χ0n) is 8.90. The largest absolute Gasteiger partial charge is 0.483 e. The van der Waals surface area contributed by atoms with E-state index >= 15 is 0 Å². The maximum Gasteiger partial charge on any atom is 0.161 e. The fraction of sp³-hybridized carbons (Fsp3) is 0.500. The summed E-state index contributed by atoms with van der Waals surface area (Å²) < 4.78 is 5.67. The third-order valence-electron chi connectivity index (χ3n) is 2.48. The minimum absolute atomic E-state index is 0.0444. The van der Waals surface area contributed by atoms with Crippen LogP contribution in [0.25, 0.3) is 0 Å². The molecule has 2 N–H and O–H groups in total. The normalized spacial score (nSPS) is 19.7. The second-order valence-corrected chi connectivity index (χ2v) is 3.78. The average molecular weight is 209 g/mol. The Bertz CT molecular complexity index is 357. The number of nitrogens with zero attached hydrogens (tertiary/aromatic N) is 2. The highest BCUT2D eigenvalue weighted by atomic mass is 16.5. The van der Waals surface area contributed by atoms with E-state index in [1.807, 2.05) is 20.0 Å². The number of pyridine rings is 1. The molecular formula is C10H15N3O2. The molecule has 0 saturated carbocycles. The van der Waals surface area contributed by atoms with E-state index in [9.17, 15) is 0 Å². The highest BCUT2D eigenvalue weighted by Gasteiger charge is 2.23. The molecule has 0 fully saturated rings. The van der Waals surface area contributed by atoms with Crippen LogP contribution in [-0.4, -0.2) is 36.4 Å². The number of ether oxygens (including phenoxy) is 1. The summed E-state index contributed by atoms with van der Waals surface area (Å²) >= 11 is 0. The predicted octanol–water partition coefficient (Wildman–Crippen LogP) is 0.566. The quantitative estimate of drug-likeness (QED) is 0.697. The number of hydrogen-bond donors (Lipinski definition) is 2. The summed E-state index contributed by atoms with van der Waals surface area (Å²) in [5.41, 5.74) is 4.16. The Morgan fingerprint density at radius 2 is 2.53 bits per heavy atom. The lowest BCUT2D eigenvalue weighted by molar-refractivity contribution is 0.103. The van der Waals surface area contributed by atoms with E-state index in [0.717, 1.165) is 23.7 Å². The molecule has 5 nitrogen and oxygen atoms in total. The third kappa shape index (κ3) is 2.03. The first-order valence-electron chi connectivity index (χ1n) is 4.92. The zero-order chi connectivity index (χ0) is 10.8. The number of hydrogen-bond acceptors (Lipinski definition) is 5. The molecule has 1 aromatic rings. The van der Waals surface area contributed by atoms with E-state index < -0.39 is 0 Å². The van der Waals surface area contributed by atoms with Crippen LogP contribution in [0.2, 0.25) is 0 Å². The third-order valence-corrected chi connectivity index (χ3v) is 2.48. The first-order chi connectivity index (χ1) is 7.20. The lowest BCUT2D eigenvalue weighted by Gasteiger charge is -2.33. The van der Waals surface area contributed by atoms with E-state index in [-0.39, 0.29) is 6.10 Å². The van der Waals surface area contributed by atoms with Gasteiger partial charge in [-0.05, 0) is 13.0 Å². The number of likely N-dealkylation sites (N-methyl/N-ethyl adjacent to an activating group) is 1. The topological polar surface area (TPSA) is 57.6 Å². The first-order valence-corrected chi connectivity index (χ1v) is 4.92. The van der Waals surface area contributed by atoms with E-state index in [1.165, 1.54) is 0 Å². The van der Waals surface area contributed by atoms with Crippen LogP contribution in [0.4, 0.5) is 5.69 Å². The second kappa shape index (κ2) is 4.04. The van der Waals surface area contributed by atoms with Gasteiger partial charge in [-0.25, -0.2) is 5.48 Å². The van der Waals surface area contributed by atoms with Gasteiger partial charge in [-0.15, -0.1) is 0 Å². The maximum absolute atomic E-state index is 8.63. The summed E-state index contributed by atoms with van der Waals surface area (Å²) in [6.07, 6.45) is 1.68. The van der Waals surface area contributed by atoms with Gasteiger partial charge in [-0.1, -0.05) is 0 Å². The van der Waals surface area contributed by atoms with Gasteiger partial charge in [0.25, 0.3) is 0 Å². The summed E-state index contributed by atoms with van der Waals surface area (Å²) in [6.45, 7) is 3.12. The molecule has 1 atom stereocenters. The van der Waals surface area contributed by atoms with Crippen molar-refractivity contribution < 1.29 is 9.94 Å². The molecule has 0 radical (unpaired) electrons. The van der Waals surface area contributed by atoms with E-state index in [4.69, 9.17) is 9.94 Å². The molecule has 15 heavy (non-hydrogen) atoms. The Morgan fingerprint density at radius 3 is 3.27 bits per heavy atom. The second-order valence-electron chi connectivity index (χ2n) is 3.78. The average Bonchev–Trinajstić information content (AvgIpc) is 2.20. The molecule has 0 amide bonds. The highest BCUT2D eigenvalue weighted by molar-refractivity contribution is 5.59. The molecule has 0 aromatic carbocycles. The van der Waals surface area contributed by atoms with E-state index in [2.05, 4.69) is 15.4 Å². The number of aromatic nitrogens is 1. The van der Waals surface area contributed by atoms with Crippen molar-refractivity contribution in [2.45, 2.75) is 13.0 Å². The summed E-state index contributed by atoms with van der Waals surface area (Å²) in [5, 5.41) is 8.63. The molecule has 0 aliphatic carbocycles. The molecule has 1 unspecified atom stereocenters. The smallest absolute Gasteiger partial charge is 0.161 e. The Balaban J connectivity index is 2.24. The zero-order valence-corrected chi connectivity index (χ0v) is 8.90. The summed E-state index contributed by atoms with van der Waals surface area (Å²) in [7, 11) is 2.01. The maximum atomic E-state index is 8.63. The van der Waals surface area contributed by atoms with Gasteiger partial charge in [-0.2, -0.15) is 0 Å². The molecule has 1 aliphatic heterocycles. The van der Waals surface area contributed by atoms with Gasteiger partial charge in [-0.3, -0.25) is 4.98 Å². The van der Waals surface area contributed by atoms with Crippen molar-refractivity contribution in [3.05, 3.63) is 18.0 Å². The van der Waals surface area contributed by atoms with Crippen molar-refractivity contribution in [3.8, 4) is 5.75 Å². The van der Waals surface area contributed by atoms with Crippen LogP contribution in [0, 0.1) is 6.92 Å². The van der Waals surface area contributed by atoms with Crippen LogP contribution in [0.1, 0.15) is 5.69 Å². The minimum Gasteiger partial charge on any atom is -0.483 e. The number of rotatable bonds is 2. The monoisotopic (exact) mass is 209 g/mol. The molecule has 0 saturated heterocycles. The summed E-state index contributed by atoms with van der Waals surface area (Å²) in [4.78, 5) is 6.29. The van der Waals surface area contributed by atoms with Crippen molar-refractivity contribution in [3.63, 3.8) is 0 Å². The molecule has 0 spiro atoms. The number of anilines is 1. The number of aryl methyl sites for hydroxylation is 1. The Morgan fingerprint density at radius 1 is 1.73 bits per heavy atom. The lowest BCUT2D eigenvalue weighted by atomic mass is 10.2. The molecule has 2 rings (SSSR count). The standard InChI is InChI=1S/C10H15N3O2/c1-7-3-9-10(5-11-7)15-8(4-12-14)6-13(9)2/h3,5,8,12,14H,4,6H2,1-2H3. The summed E-state index contributed by atoms with van der Waals surface area (Å²) in [6, 6.07) is 2.00. The van der Waals surface area contributed by atoms with Gasteiger partial charge in [0, 0.05) is 12.7 Å². The van der Waals surface area contributed by atoms with Crippen molar-refractivity contribution in [1.82, 2.24) is 10.5 Å². The minimum atomic E-state index is -0.0444. The van der Waals surface area contributed by atoms with Crippen LogP contribution in [-0.2, 0) is 0 Å². The first kappa shape index (κ1) is 10.2. The molecule has 1 aromatic heterocycles. The molecule has 5 heteroatoms. The van der Waals surface area contributed by atoms with E-state index in [1.54, 1.807) is 6.20 Å². The van der Waals surface area contributed by atoms with Crippen LogP contribution in [0.3, 0.4) is 0 Å². The van der Waals surface area contributed by atoms with Crippen molar-refractivity contribution in [2.75, 3.05) is 25.0 Å². The fourth-order valence-electron chi connectivity index (χ4n) is 1.75. The summed E-state index contributed by atoms with van der Waals surface area (Å²) in [5.74, 6) is 0.773. The van der Waals surface area contributed by atoms with Gasteiger partial charge >= 0.3 is 0 Å². The Hall–Kier alpha value is -1.33. The highest BCUT2D eigenvalue weighted by Crippen LogP contribution is 2.31. The predicted molar refractivity (Wildman–Crippen MR) is 56.4 cm³/mol. The fourth-order valence-corrected chi connectivity index (χ4v) is 1.75. The molecule has 0 bridgehead atoms. The van der Waals surface area contributed by atoms with Gasteiger partial charge < -0.3 is 14.8 Å². The Kier molecular flexibility index (Phi) is 2.75. The lowest BCUT2D eigenvalue weighted by Crippen LogP contribution is -2.43. The van der Waals surface area contributed by atoms with Crippen molar-refractivity contribution >= 4 is 5.69 Å². The van der Waals surface area contributed by atoms with Crippen LogP contribution >= 0.6 is 0 Å². The van der Waals surface area contributed by atoms with Crippen molar-refractivity contribution in [1.29, 1.82) is 0 Å². The SMILES string of the molecule is Cc1cc2c(cn1)OC(CNO)CN2C. The number of fused-ring (bicyclic) bond motifs is 1. The molecule has 2 heterocycles. The number of nitrogens with one attached hydrogen (secondary N) is 1. The van der Waals surface area contributed by atoms with Crippen LogP contribution in [0.5, 0.6) is 5.75 Å². The van der Waals surface area contributed by atoms with E-state index in [0.29, 0.717) is 6.54 Å². The molecule has 1 aliphatic rings. The molecule has 82 valence electrons. The van der Waals surface area contributed by atoms with Gasteiger partial charge in [0.15, 0.2) is 5.75 Å². The van der Waals surface area contributed by atoms with Gasteiger partial charge in [0.1, 0.15) is 6.10 Å². The number of hydroxylamine groups is 1. The van der Waals surface area contributed by atoms with Crippen molar-refractivity contribution in [2.24, 2.45) is 0 Å². The van der Waals surface area contributed by atoms with Crippen LogP contribution < -0.4 is 15.1 Å². The molecular weight excluding hydrogens is 194 g/mol. The Labute approximate surface area is 88.6 Å². The van der Waals surface area contributed by atoms with Crippen LogP contribution in [0.15, 0.2) is 12.3 Å². The van der Waals surface area contributed by atoms with Gasteiger partial charge in [0.05, 0.1) is 25.0 Å². The van der Waals surface area contributed by atoms with Gasteiger partial charge in [0.2, 0.25) is 0 Å².